The van der Waals surface area contributed by atoms with Crippen molar-refractivity contribution in [3.63, 3.8) is 0 Å². The van der Waals surface area contributed by atoms with E-state index in [1.807, 2.05) is 32.9 Å². The Hall–Kier alpha value is -1.36. The van der Waals surface area contributed by atoms with Crippen LogP contribution in [0.5, 0.6) is 0 Å². The van der Waals surface area contributed by atoms with Crippen LogP contribution in [0.3, 0.4) is 0 Å². The van der Waals surface area contributed by atoms with Crippen molar-refractivity contribution < 1.29 is 14.3 Å². The molecule has 0 N–H and O–H groups in total. The molecule has 5 heteroatoms. The number of halogens is 1. The Morgan fingerprint density at radius 2 is 2.05 bits per heavy atom. The van der Waals surface area contributed by atoms with Gasteiger partial charge in [0.25, 0.3) is 0 Å². The van der Waals surface area contributed by atoms with Gasteiger partial charge in [-0.05, 0) is 45.7 Å². The van der Waals surface area contributed by atoms with E-state index in [1.54, 1.807) is 17.0 Å². The fourth-order valence-corrected chi connectivity index (χ4v) is 2.81. The predicted octanol–water partition coefficient (Wildman–Crippen LogP) is 4.03. The zero-order valence-corrected chi connectivity index (χ0v) is 14.1. The lowest BCUT2D eigenvalue weighted by Crippen LogP contribution is -2.43. The van der Waals surface area contributed by atoms with Crippen molar-refractivity contribution in [2.45, 2.75) is 45.3 Å². The van der Waals surface area contributed by atoms with Gasteiger partial charge < -0.3 is 4.74 Å². The fourth-order valence-electron chi connectivity index (χ4n) is 2.41. The van der Waals surface area contributed by atoms with E-state index >= 15 is 0 Å². The molecule has 1 atom stereocenters. The molecule has 114 valence electrons. The van der Waals surface area contributed by atoms with Crippen LogP contribution in [0, 0.1) is 0 Å². The minimum Gasteiger partial charge on any atom is -0.444 e. The summed E-state index contributed by atoms with van der Waals surface area (Å²) in [6, 6.07) is 6.84. The van der Waals surface area contributed by atoms with E-state index in [0.29, 0.717) is 18.5 Å². The van der Waals surface area contributed by atoms with E-state index < -0.39 is 17.7 Å². The van der Waals surface area contributed by atoms with Crippen LogP contribution in [0.2, 0.25) is 0 Å². The number of ether oxygens (including phenoxy) is 1. The van der Waals surface area contributed by atoms with E-state index in [4.69, 9.17) is 4.74 Å². The van der Waals surface area contributed by atoms with Crippen LogP contribution in [-0.2, 0) is 4.74 Å². The van der Waals surface area contributed by atoms with E-state index in [1.165, 1.54) is 0 Å². The van der Waals surface area contributed by atoms with Crippen LogP contribution in [-0.4, -0.2) is 35.0 Å². The second-order valence-corrected chi connectivity index (χ2v) is 7.12. The zero-order chi connectivity index (χ0) is 15.6. The Labute approximate surface area is 133 Å². The number of Topliss-reactive ketones (excluding diaryl/α,β-unsaturated/α-hetero) is 1. The zero-order valence-electron chi connectivity index (χ0n) is 12.6. The van der Waals surface area contributed by atoms with Gasteiger partial charge in [-0.25, -0.2) is 4.79 Å². The van der Waals surface area contributed by atoms with Crippen molar-refractivity contribution >= 4 is 27.8 Å². The van der Waals surface area contributed by atoms with E-state index in [9.17, 15) is 9.59 Å². The lowest BCUT2D eigenvalue weighted by molar-refractivity contribution is 0.0222. The summed E-state index contributed by atoms with van der Waals surface area (Å²) in [4.78, 5) is 26.4. The average molecular weight is 354 g/mol. The van der Waals surface area contributed by atoms with Gasteiger partial charge in [0.2, 0.25) is 0 Å². The Kier molecular flexibility index (Phi) is 4.71. The number of hydrogen-bond donors (Lipinski definition) is 0. The third-order valence-electron chi connectivity index (χ3n) is 3.29. The number of amides is 1. The van der Waals surface area contributed by atoms with E-state index in [0.717, 1.165) is 10.9 Å². The van der Waals surface area contributed by atoms with Gasteiger partial charge in [-0.15, -0.1) is 0 Å². The molecular formula is C16H20BrNO3. The van der Waals surface area contributed by atoms with Gasteiger partial charge in [0, 0.05) is 16.6 Å². The van der Waals surface area contributed by atoms with Crippen molar-refractivity contribution in [1.82, 2.24) is 4.90 Å². The number of carbonyl (C=O) groups excluding carboxylic acids is 2. The fraction of sp³-hybridized carbons (Fsp3) is 0.500. The number of carbonyl (C=O) groups is 2. The maximum atomic E-state index is 12.6. The summed E-state index contributed by atoms with van der Waals surface area (Å²) in [6.45, 7) is 6.05. The minimum absolute atomic E-state index is 0.0281. The summed E-state index contributed by atoms with van der Waals surface area (Å²) in [5, 5.41) is 0. The molecule has 0 aliphatic carbocycles. The molecule has 0 aromatic heterocycles. The highest BCUT2D eigenvalue weighted by Crippen LogP contribution is 2.24. The molecule has 1 aliphatic rings. The molecule has 1 saturated heterocycles. The second kappa shape index (κ2) is 6.18. The summed E-state index contributed by atoms with van der Waals surface area (Å²) in [5.74, 6) is -0.0281. The molecule has 2 rings (SSSR count). The Morgan fingerprint density at radius 1 is 1.33 bits per heavy atom. The monoisotopic (exact) mass is 353 g/mol. The van der Waals surface area contributed by atoms with Crippen LogP contribution in [0.15, 0.2) is 28.7 Å². The molecule has 0 bridgehead atoms. The number of rotatable bonds is 2. The first kappa shape index (κ1) is 16.0. The largest absolute Gasteiger partial charge is 0.444 e. The Morgan fingerprint density at radius 3 is 2.67 bits per heavy atom. The van der Waals surface area contributed by atoms with Crippen molar-refractivity contribution in [3.05, 3.63) is 34.3 Å². The lowest BCUT2D eigenvalue weighted by atomic mass is 10.0. The normalized spacial score (nSPS) is 18.7. The van der Waals surface area contributed by atoms with Gasteiger partial charge in [0.05, 0.1) is 6.04 Å². The summed E-state index contributed by atoms with van der Waals surface area (Å²) in [5.41, 5.74) is 0.0631. The minimum atomic E-state index is -0.553. The summed E-state index contributed by atoms with van der Waals surface area (Å²) >= 11 is 3.37. The van der Waals surface area contributed by atoms with Gasteiger partial charge in [-0.2, -0.15) is 0 Å². The third-order valence-corrected chi connectivity index (χ3v) is 3.79. The lowest BCUT2D eigenvalue weighted by Gasteiger charge is -2.28. The van der Waals surface area contributed by atoms with E-state index in [2.05, 4.69) is 15.9 Å². The molecular weight excluding hydrogens is 334 g/mol. The van der Waals surface area contributed by atoms with Crippen LogP contribution >= 0.6 is 15.9 Å². The number of benzene rings is 1. The highest BCUT2D eigenvalue weighted by atomic mass is 79.9. The molecule has 1 aromatic rings. The molecule has 0 radical (unpaired) electrons. The highest BCUT2D eigenvalue weighted by Gasteiger charge is 2.36. The first-order valence-corrected chi connectivity index (χ1v) is 7.86. The topological polar surface area (TPSA) is 46.6 Å². The number of nitrogens with zero attached hydrogens (tertiary/aromatic N) is 1. The van der Waals surface area contributed by atoms with Crippen molar-refractivity contribution in [3.8, 4) is 0 Å². The molecule has 1 aromatic carbocycles. The van der Waals surface area contributed by atoms with Gasteiger partial charge in [0.15, 0.2) is 5.78 Å². The van der Waals surface area contributed by atoms with Gasteiger partial charge >= 0.3 is 6.09 Å². The maximum Gasteiger partial charge on any atom is 0.410 e. The Bertz CT molecular complexity index is 551. The quantitative estimate of drug-likeness (QED) is 0.754. The third kappa shape index (κ3) is 4.06. The van der Waals surface area contributed by atoms with Crippen molar-refractivity contribution in [2.24, 2.45) is 0 Å². The van der Waals surface area contributed by atoms with Gasteiger partial charge in [0.1, 0.15) is 5.60 Å². The molecule has 0 unspecified atom stereocenters. The molecule has 1 amide bonds. The SMILES string of the molecule is CC(C)(C)OC(=O)N1CCC[C@H]1C(=O)c1cccc(Br)c1. The molecule has 0 saturated carbocycles. The summed E-state index contributed by atoms with van der Waals surface area (Å²) < 4.78 is 6.24. The van der Waals surface area contributed by atoms with Crippen LogP contribution in [0.1, 0.15) is 44.0 Å². The second-order valence-electron chi connectivity index (χ2n) is 6.21. The smallest absolute Gasteiger partial charge is 0.410 e. The Balaban J connectivity index is 2.15. The van der Waals surface area contributed by atoms with Gasteiger partial charge in [-0.3, -0.25) is 9.69 Å². The number of ketones is 1. The molecule has 4 nitrogen and oxygen atoms in total. The molecule has 1 aliphatic heterocycles. The standard InChI is InChI=1S/C16H20BrNO3/c1-16(2,3)21-15(20)18-9-5-8-13(18)14(19)11-6-4-7-12(17)10-11/h4,6-7,10,13H,5,8-9H2,1-3H3/t13-/m0/s1. The molecule has 1 fully saturated rings. The average Bonchev–Trinajstić information content (AvgIpc) is 2.85. The number of likely N-dealkylation sites (tertiary alicyclic amines) is 1. The highest BCUT2D eigenvalue weighted by molar-refractivity contribution is 9.10. The van der Waals surface area contributed by atoms with Gasteiger partial charge in [-0.1, -0.05) is 28.1 Å². The molecule has 0 spiro atoms. The first-order chi connectivity index (χ1) is 9.78. The van der Waals surface area contributed by atoms with Crippen LogP contribution < -0.4 is 0 Å². The summed E-state index contributed by atoms with van der Waals surface area (Å²) in [7, 11) is 0. The maximum absolute atomic E-state index is 12.6. The summed E-state index contributed by atoms with van der Waals surface area (Å²) in [6.07, 6.45) is 1.10. The van der Waals surface area contributed by atoms with Crippen LogP contribution in [0.25, 0.3) is 0 Å². The van der Waals surface area contributed by atoms with Crippen LogP contribution in [0.4, 0.5) is 4.79 Å². The van der Waals surface area contributed by atoms with E-state index in [-0.39, 0.29) is 5.78 Å². The van der Waals surface area contributed by atoms with Crippen molar-refractivity contribution in [1.29, 1.82) is 0 Å². The molecule has 21 heavy (non-hydrogen) atoms. The number of hydrogen-bond acceptors (Lipinski definition) is 3. The molecule has 1 heterocycles. The first-order valence-electron chi connectivity index (χ1n) is 7.07. The van der Waals surface area contributed by atoms with Crippen molar-refractivity contribution in [2.75, 3.05) is 6.54 Å². The predicted molar refractivity (Wildman–Crippen MR) is 84.4 cm³/mol.